The quantitative estimate of drug-likeness (QED) is 0.881. The van der Waals surface area contributed by atoms with Crippen LogP contribution in [0.25, 0.3) is 0 Å². The normalized spacial score (nSPS) is 15.2. The highest BCUT2D eigenvalue weighted by molar-refractivity contribution is 5.73. The van der Waals surface area contributed by atoms with Crippen LogP contribution in [0.4, 0.5) is 0 Å². The molecule has 0 aliphatic heterocycles. The van der Waals surface area contributed by atoms with E-state index in [0.29, 0.717) is 6.42 Å². The molecule has 0 amide bonds. The van der Waals surface area contributed by atoms with E-state index in [1.54, 1.807) is 13.8 Å². The lowest BCUT2D eigenvalue weighted by atomic mass is 9.84. The van der Waals surface area contributed by atoms with Crippen LogP contribution in [0.2, 0.25) is 0 Å². The zero-order valence-electron chi connectivity index (χ0n) is 11.3. The fraction of sp³-hybridized carbons (Fsp3) is 0.562. The van der Waals surface area contributed by atoms with Crippen LogP contribution in [-0.2, 0) is 24.1 Å². The van der Waals surface area contributed by atoms with E-state index in [0.717, 1.165) is 6.42 Å². The van der Waals surface area contributed by atoms with Crippen LogP contribution in [0.15, 0.2) is 18.2 Å². The van der Waals surface area contributed by atoms with Crippen molar-refractivity contribution in [3.8, 4) is 0 Å². The first-order valence-corrected chi connectivity index (χ1v) is 6.83. The Morgan fingerprint density at radius 2 is 1.89 bits per heavy atom. The average Bonchev–Trinajstić information content (AvgIpc) is 2.36. The van der Waals surface area contributed by atoms with Gasteiger partial charge in [-0.05, 0) is 69.1 Å². The van der Waals surface area contributed by atoms with Crippen LogP contribution >= 0.6 is 0 Å². The Bertz CT molecular complexity index is 446. The summed E-state index contributed by atoms with van der Waals surface area (Å²) in [6.45, 7) is 3.60. The molecule has 0 aromatic heterocycles. The number of rotatable bonds is 4. The summed E-state index contributed by atoms with van der Waals surface area (Å²) in [6, 6.07) is 6.69. The van der Waals surface area contributed by atoms with Crippen LogP contribution in [0, 0.1) is 5.41 Å². The monoisotopic (exact) mass is 246 g/mol. The van der Waals surface area contributed by atoms with Crippen molar-refractivity contribution >= 4 is 5.97 Å². The van der Waals surface area contributed by atoms with Crippen molar-refractivity contribution in [2.75, 3.05) is 0 Å². The summed E-state index contributed by atoms with van der Waals surface area (Å²) in [5.74, 6) is -0.708. The Morgan fingerprint density at radius 1 is 1.22 bits per heavy atom. The van der Waals surface area contributed by atoms with Crippen LogP contribution in [0.5, 0.6) is 0 Å². The summed E-state index contributed by atoms with van der Waals surface area (Å²) in [6.07, 6.45) is 6.53. The number of aliphatic carboxylic acids is 1. The molecule has 98 valence electrons. The summed E-state index contributed by atoms with van der Waals surface area (Å²) in [7, 11) is 0. The van der Waals surface area contributed by atoms with Gasteiger partial charge in [0, 0.05) is 0 Å². The minimum absolute atomic E-state index is 0.629. The molecule has 1 aromatic carbocycles. The van der Waals surface area contributed by atoms with Gasteiger partial charge < -0.3 is 5.11 Å². The minimum atomic E-state index is -0.708. The van der Waals surface area contributed by atoms with Gasteiger partial charge in [-0.3, -0.25) is 4.79 Å². The van der Waals surface area contributed by atoms with Gasteiger partial charge in [0.05, 0.1) is 5.41 Å². The molecule has 1 aromatic rings. The van der Waals surface area contributed by atoms with E-state index in [1.165, 1.54) is 42.4 Å². The van der Waals surface area contributed by atoms with Gasteiger partial charge in [0.1, 0.15) is 0 Å². The molecule has 0 atom stereocenters. The van der Waals surface area contributed by atoms with Gasteiger partial charge in [0.25, 0.3) is 0 Å². The standard InChI is InChI=1S/C16H22O2/c1-16(2,15(17)18)10-9-12-7-8-13-5-3-4-6-14(13)11-12/h7-8,11H,3-6,9-10H2,1-2H3,(H,17,18). The molecular formula is C16H22O2. The SMILES string of the molecule is CC(C)(CCc1ccc2c(c1)CCCC2)C(=O)O. The first-order chi connectivity index (χ1) is 8.49. The third kappa shape index (κ3) is 2.92. The highest BCUT2D eigenvalue weighted by Gasteiger charge is 2.26. The molecule has 2 heteroatoms. The van der Waals surface area contributed by atoms with Gasteiger partial charge in [-0.1, -0.05) is 18.2 Å². The summed E-state index contributed by atoms with van der Waals surface area (Å²) in [5, 5.41) is 9.11. The predicted molar refractivity (Wildman–Crippen MR) is 72.8 cm³/mol. The fourth-order valence-electron chi connectivity index (χ4n) is 2.51. The van der Waals surface area contributed by atoms with Gasteiger partial charge in [-0.25, -0.2) is 0 Å². The first-order valence-electron chi connectivity index (χ1n) is 6.83. The first kappa shape index (κ1) is 13.1. The van der Waals surface area contributed by atoms with Crippen molar-refractivity contribution in [3.05, 3.63) is 34.9 Å². The topological polar surface area (TPSA) is 37.3 Å². The second-order valence-corrected chi connectivity index (χ2v) is 6.00. The van der Waals surface area contributed by atoms with Crippen molar-refractivity contribution in [3.63, 3.8) is 0 Å². The maximum Gasteiger partial charge on any atom is 0.309 e. The van der Waals surface area contributed by atoms with Crippen LogP contribution in [0.3, 0.4) is 0 Å². The highest BCUT2D eigenvalue weighted by atomic mass is 16.4. The van der Waals surface area contributed by atoms with Crippen molar-refractivity contribution in [2.45, 2.75) is 52.4 Å². The molecule has 1 N–H and O–H groups in total. The molecule has 0 saturated carbocycles. The predicted octanol–water partition coefficient (Wildman–Crippen LogP) is 3.61. The van der Waals surface area contributed by atoms with Crippen LogP contribution in [-0.4, -0.2) is 11.1 Å². The molecule has 0 radical (unpaired) electrons. The van der Waals surface area contributed by atoms with Crippen molar-refractivity contribution in [2.24, 2.45) is 5.41 Å². The molecule has 0 fully saturated rings. The molecule has 1 aliphatic rings. The molecule has 0 spiro atoms. The second-order valence-electron chi connectivity index (χ2n) is 6.00. The van der Waals surface area contributed by atoms with E-state index in [9.17, 15) is 4.79 Å². The molecule has 0 heterocycles. The molecule has 18 heavy (non-hydrogen) atoms. The molecule has 0 unspecified atom stereocenters. The summed E-state index contributed by atoms with van der Waals surface area (Å²) in [5.41, 5.74) is 3.62. The van der Waals surface area contributed by atoms with E-state index in [-0.39, 0.29) is 0 Å². The third-order valence-corrected chi connectivity index (χ3v) is 4.03. The van der Waals surface area contributed by atoms with E-state index in [1.807, 2.05) is 0 Å². The maximum absolute atomic E-state index is 11.1. The largest absolute Gasteiger partial charge is 0.481 e. The van der Waals surface area contributed by atoms with Gasteiger partial charge in [0.2, 0.25) is 0 Å². The minimum Gasteiger partial charge on any atom is -0.481 e. The number of benzene rings is 1. The number of carboxylic acids is 1. The van der Waals surface area contributed by atoms with Gasteiger partial charge in [-0.15, -0.1) is 0 Å². The number of carbonyl (C=O) groups is 1. The smallest absolute Gasteiger partial charge is 0.309 e. The summed E-state index contributed by atoms with van der Waals surface area (Å²) >= 11 is 0. The number of fused-ring (bicyclic) bond motifs is 1. The molecule has 0 bridgehead atoms. The Morgan fingerprint density at radius 3 is 2.56 bits per heavy atom. The van der Waals surface area contributed by atoms with Gasteiger partial charge >= 0.3 is 5.97 Å². The maximum atomic E-state index is 11.1. The average molecular weight is 246 g/mol. The Balaban J connectivity index is 2.04. The molecule has 1 aliphatic carbocycles. The van der Waals surface area contributed by atoms with E-state index >= 15 is 0 Å². The lowest BCUT2D eigenvalue weighted by molar-refractivity contribution is -0.147. The van der Waals surface area contributed by atoms with Crippen LogP contribution in [0.1, 0.15) is 49.8 Å². The Labute approximate surface area is 109 Å². The van der Waals surface area contributed by atoms with E-state index in [2.05, 4.69) is 18.2 Å². The number of aryl methyl sites for hydroxylation is 3. The zero-order chi connectivity index (χ0) is 13.2. The van der Waals surface area contributed by atoms with Crippen molar-refractivity contribution in [1.29, 1.82) is 0 Å². The zero-order valence-corrected chi connectivity index (χ0v) is 11.3. The van der Waals surface area contributed by atoms with E-state index in [4.69, 9.17) is 5.11 Å². The Hall–Kier alpha value is -1.31. The molecular weight excluding hydrogens is 224 g/mol. The summed E-state index contributed by atoms with van der Waals surface area (Å²) < 4.78 is 0. The molecule has 2 rings (SSSR count). The Kier molecular flexibility index (Phi) is 3.74. The van der Waals surface area contributed by atoms with Crippen molar-refractivity contribution in [1.82, 2.24) is 0 Å². The van der Waals surface area contributed by atoms with E-state index < -0.39 is 11.4 Å². The highest BCUT2D eigenvalue weighted by Crippen LogP contribution is 2.26. The molecule has 2 nitrogen and oxygen atoms in total. The lowest BCUT2D eigenvalue weighted by Gasteiger charge is -2.20. The van der Waals surface area contributed by atoms with Crippen molar-refractivity contribution < 1.29 is 9.90 Å². The second kappa shape index (κ2) is 5.13. The summed E-state index contributed by atoms with van der Waals surface area (Å²) in [4.78, 5) is 11.1. The fourth-order valence-corrected chi connectivity index (χ4v) is 2.51. The third-order valence-electron chi connectivity index (χ3n) is 4.03. The number of hydrogen-bond donors (Lipinski definition) is 1. The van der Waals surface area contributed by atoms with Gasteiger partial charge in [-0.2, -0.15) is 0 Å². The number of carboxylic acid groups (broad SMARTS) is 1. The van der Waals surface area contributed by atoms with Crippen LogP contribution < -0.4 is 0 Å². The lowest BCUT2D eigenvalue weighted by Crippen LogP contribution is -2.24. The molecule has 0 saturated heterocycles. The van der Waals surface area contributed by atoms with Gasteiger partial charge in [0.15, 0.2) is 0 Å². The number of hydrogen-bond acceptors (Lipinski definition) is 1.